The summed E-state index contributed by atoms with van der Waals surface area (Å²) < 4.78 is 25.4. The normalized spacial score (nSPS) is 18.3. The van der Waals surface area contributed by atoms with Gasteiger partial charge in [-0.25, -0.2) is 17.7 Å². The highest BCUT2D eigenvalue weighted by atomic mass is 79.9. The number of sulfonamides is 1. The second-order valence-electron chi connectivity index (χ2n) is 2.94. The van der Waals surface area contributed by atoms with Crippen LogP contribution in [0.1, 0.15) is 0 Å². The molecular weight excluding hydrogens is 304 g/mol. The van der Waals surface area contributed by atoms with Crippen LogP contribution in [0.5, 0.6) is 0 Å². The number of hydrogen-bond donors (Lipinski definition) is 0. The summed E-state index contributed by atoms with van der Waals surface area (Å²) in [6.45, 7) is 0. The molecule has 0 amide bonds. The van der Waals surface area contributed by atoms with Crippen molar-refractivity contribution in [2.75, 3.05) is 7.05 Å². The predicted molar refractivity (Wildman–Crippen MR) is 62.0 cm³/mol. The first-order chi connectivity index (χ1) is 6.94. The van der Waals surface area contributed by atoms with Gasteiger partial charge >= 0.3 is 0 Å². The first-order valence-corrected chi connectivity index (χ1v) is 6.57. The van der Waals surface area contributed by atoms with Gasteiger partial charge in [-0.3, -0.25) is 0 Å². The van der Waals surface area contributed by atoms with Crippen molar-refractivity contribution in [2.45, 2.75) is 4.90 Å². The van der Waals surface area contributed by atoms with Gasteiger partial charge in [-0.15, -0.1) is 0 Å². The second kappa shape index (κ2) is 3.47. The molecule has 15 heavy (non-hydrogen) atoms. The number of aliphatic imine (C=N–C) groups is 1. The summed E-state index contributed by atoms with van der Waals surface area (Å²) in [6.07, 6.45) is 0. The van der Waals surface area contributed by atoms with Gasteiger partial charge < -0.3 is 0 Å². The maximum absolute atomic E-state index is 11.9. The second-order valence-corrected chi connectivity index (χ2v) is 6.07. The van der Waals surface area contributed by atoms with Gasteiger partial charge in [-0.2, -0.15) is 0 Å². The Morgan fingerprint density at radius 1 is 1.47 bits per heavy atom. The molecule has 0 aromatic heterocycles. The Labute approximate surface area is 101 Å². The smallest absolute Gasteiger partial charge is 0.243 e. The molecule has 1 heterocycles. The molecule has 2 rings (SSSR count). The van der Waals surface area contributed by atoms with E-state index in [2.05, 4.69) is 20.9 Å². The van der Waals surface area contributed by atoms with Crippen LogP contribution >= 0.6 is 27.5 Å². The van der Waals surface area contributed by atoms with Crippen molar-refractivity contribution in [2.24, 2.45) is 4.99 Å². The monoisotopic (exact) mass is 308 g/mol. The average Bonchev–Trinajstić information content (AvgIpc) is 2.17. The van der Waals surface area contributed by atoms with Crippen molar-refractivity contribution in [3.05, 3.63) is 22.7 Å². The Morgan fingerprint density at radius 2 is 2.13 bits per heavy atom. The molecule has 0 atom stereocenters. The standard InChI is InChI=1S/C8H6BrClN2O2S/c1-12-8(10)11-7-5(9)3-2-4-6(7)15(12,13)14/h2-4H,1H3. The van der Waals surface area contributed by atoms with Crippen molar-refractivity contribution in [1.29, 1.82) is 0 Å². The van der Waals surface area contributed by atoms with Crippen molar-refractivity contribution >= 4 is 48.5 Å². The van der Waals surface area contributed by atoms with E-state index in [4.69, 9.17) is 11.6 Å². The number of rotatable bonds is 0. The number of benzene rings is 1. The molecule has 1 aliphatic rings. The molecule has 0 spiro atoms. The molecule has 1 aliphatic heterocycles. The molecule has 7 heteroatoms. The maximum Gasteiger partial charge on any atom is 0.268 e. The van der Waals surface area contributed by atoms with Crippen molar-refractivity contribution in [3.8, 4) is 0 Å². The van der Waals surface area contributed by atoms with Gasteiger partial charge in [0.05, 0.1) is 0 Å². The third kappa shape index (κ3) is 1.56. The Hall–Kier alpha value is -0.590. The molecule has 4 nitrogen and oxygen atoms in total. The first kappa shape index (κ1) is 10.9. The van der Waals surface area contributed by atoms with Crippen LogP contribution < -0.4 is 0 Å². The van der Waals surface area contributed by atoms with Crippen LogP contribution in [-0.4, -0.2) is 25.1 Å². The minimum Gasteiger partial charge on any atom is -0.243 e. The minimum atomic E-state index is -3.55. The summed E-state index contributed by atoms with van der Waals surface area (Å²) in [4.78, 5) is 4.16. The minimum absolute atomic E-state index is 0.0607. The van der Waals surface area contributed by atoms with E-state index < -0.39 is 10.0 Å². The summed E-state index contributed by atoms with van der Waals surface area (Å²) >= 11 is 8.96. The Bertz CT molecular complexity index is 556. The van der Waals surface area contributed by atoms with Gasteiger partial charge in [0.15, 0.2) is 0 Å². The van der Waals surface area contributed by atoms with E-state index in [9.17, 15) is 8.42 Å². The molecule has 0 saturated heterocycles. The lowest BCUT2D eigenvalue weighted by Crippen LogP contribution is -2.32. The fourth-order valence-electron chi connectivity index (χ4n) is 1.22. The lowest BCUT2D eigenvalue weighted by atomic mass is 10.3. The van der Waals surface area contributed by atoms with Gasteiger partial charge in [-0.05, 0) is 39.7 Å². The van der Waals surface area contributed by atoms with Crippen LogP contribution in [0.25, 0.3) is 0 Å². The van der Waals surface area contributed by atoms with Gasteiger partial charge in [-0.1, -0.05) is 6.07 Å². The summed E-state index contributed by atoms with van der Waals surface area (Å²) in [6, 6.07) is 4.86. The highest BCUT2D eigenvalue weighted by molar-refractivity contribution is 9.10. The van der Waals surface area contributed by atoms with Crippen LogP contribution in [0.3, 0.4) is 0 Å². The fraction of sp³-hybridized carbons (Fsp3) is 0.125. The Morgan fingerprint density at radius 3 is 2.80 bits per heavy atom. The van der Waals surface area contributed by atoms with E-state index in [0.717, 1.165) is 4.31 Å². The molecule has 1 aromatic carbocycles. The van der Waals surface area contributed by atoms with Gasteiger partial charge in [0.25, 0.3) is 10.0 Å². The highest BCUT2D eigenvalue weighted by Crippen LogP contribution is 2.37. The van der Waals surface area contributed by atoms with E-state index in [1.807, 2.05) is 0 Å². The van der Waals surface area contributed by atoms with Crippen LogP contribution in [-0.2, 0) is 10.0 Å². The lowest BCUT2D eigenvalue weighted by molar-refractivity contribution is 0.552. The molecule has 0 bridgehead atoms. The van der Waals surface area contributed by atoms with Crippen molar-refractivity contribution in [3.63, 3.8) is 0 Å². The largest absolute Gasteiger partial charge is 0.268 e. The molecule has 0 fully saturated rings. The van der Waals surface area contributed by atoms with Crippen LogP contribution in [0.4, 0.5) is 5.69 Å². The zero-order valence-electron chi connectivity index (χ0n) is 7.61. The van der Waals surface area contributed by atoms with Crippen molar-refractivity contribution < 1.29 is 8.42 Å². The van der Waals surface area contributed by atoms with Crippen LogP contribution in [0.15, 0.2) is 32.6 Å². The number of nitrogens with zero attached hydrogens (tertiary/aromatic N) is 2. The summed E-state index contributed by atoms with van der Waals surface area (Å²) in [5, 5.41) is -0.0607. The molecule has 0 saturated carbocycles. The van der Waals surface area contributed by atoms with Gasteiger partial charge in [0, 0.05) is 11.5 Å². The zero-order valence-corrected chi connectivity index (χ0v) is 10.8. The highest BCUT2D eigenvalue weighted by Gasteiger charge is 2.31. The van der Waals surface area contributed by atoms with Crippen LogP contribution in [0.2, 0.25) is 0 Å². The first-order valence-electron chi connectivity index (χ1n) is 3.96. The van der Waals surface area contributed by atoms with Gasteiger partial charge in [0.1, 0.15) is 10.6 Å². The Balaban J connectivity index is 2.84. The van der Waals surface area contributed by atoms with Crippen molar-refractivity contribution in [1.82, 2.24) is 4.31 Å². The summed E-state index contributed by atoms with van der Waals surface area (Å²) in [7, 11) is -2.19. The third-order valence-electron chi connectivity index (χ3n) is 2.05. The summed E-state index contributed by atoms with van der Waals surface area (Å²) in [5.74, 6) is 0. The SMILES string of the molecule is CN1C(Cl)=Nc2c(Br)cccc2S1(=O)=O. The molecule has 0 aliphatic carbocycles. The number of amidine groups is 1. The molecule has 80 valence electrons. The third-order valence-corrected chi connectivity index (χ3v) is 4.91. The molecular formula is C8H6BrClN2O2S. The number of para-hydroxylation sites is 1. The topological polar surface area (TPSA) is 49.7 Å². The van der Waals surface area contributed by atoms with E-state index in [1.54, 1.807) is 12.1 Å². The van der Waals surface area contributed by atoms with Crippen LogP contribution in [0, 0.1) is 0 Å². The molecule has 0 radical (unpaired) electrons. The van der Waals surface area contributed by atoms with E-state index in [-0.39, 0.29) is 10.2 Å². The number of halogens is 2. The lowest BCUT2D eigenvalue weighted by Gasteiger charge is -2.23. The van der Waals surface area contributed by atoms with E-state index >= 15 is 0 Å². The quantitative estimate of drug-likeness (QED) is 0.691. The Kier molecular flexibility index (Phi) is 2.52. The molecule has 1 aromatic rings. The van der Waals surface area contributed by atoms with E-state index in [1.165, 1.54) is 13.1 Å². The fourth-order valence-corrected chi connectivity index (χ4v) is 3.35. The number of hydrogen-bond acceptors (Lipinski definition) is 3. The summed E-state index contributed by atoms with van der Waals surface area (Å²) in [5.41, 5.74) is 0.348. The predicted octanol–water partition coefficient (Wildman–Crippen LogP) is 2.31. The maximum atomic E-state index is 11.9. The average molecular weight is 310 g/mol. The van der Waals surface area contributed by atoms with Gasteiger partial charge in [0.2, 0.25) is 5.29 Å². The number of fused-ring (bicyclic) bond motifs is 1. The zero-order chi connectivity index (χ0) is 11.2. The molecule has 0 unspecified atom stereocenters. The molecule has 0 N–H and O–H groups in total. The van der Waals surface area contributed by atoms with E-state index in [0.29, 0.717) is 10.2 Å².